The van der Waals surface area contributed by atoms with Crippen molar-refractivity contribution in [2.45, 2.75) is 58.3 Å². The molecule has 0 radical (unpaired) electrons. The fourth-order valence-electron chi connectivity index (χ4n) is 9.26. The van der Waals surface area contributed by atoms with Gasteiger partial charge in [0.2, 0.25) is 0 Å². The molecule has 0 aromatic heterocycles. The van der Waals surface area contributed by atoms with Crippen molar-refractivity contribution < 1.29 is 0 Å². The average molecular weight is 362 g/mol. The van der Waals surface area contributed by atoms with Gasteiger partial charge in [0.25, 0.3) is 0 Å². The van der Waals surface area contributed by atoms with Crippen LogP contribution in [0.2, 0.25) is 0 Å². The van der Waals surface area contributed by atoms with E-state index in [-0.39, 0.29) is 0 Å². The van der Waals surface area contributed by atoms with Gasteiger partial charge < -0.3 is 5.73 Å². The number of fused-ring (bicyclic) bond motifs is 10. The zero-order valence-corrected chi connectivity index (χ0v) is 16.8. The molecule has 0 amide bonds. The first-order valence-electron chi connectivity index (χ1n) is 11.7. The molecule has 1 nitrogen and oxygen atoms in total. The summed E-state index contributed by atoms with van der Waals surface area (Å²) < 4.78 is 0. The molecule has 144 valence electrons. The lowest BCUT2D eigenvalue weighted by atomic mass is 9.55. The minimum absolute atomic E-state index is 0.479. The molecule has 0 bridgehead atoms. The number of nitrogens with two attached hydrogens (primary N) is 1. The predicted molar refractivity (Wildman–Crippen MR) is 112 cm³/mol. The van der Waals surface area contributed by atoms with E-state index in [4.69, 9.17) is 5.73 Å². The van der Waals surface area contributed by atoms with Crippen LogP contribution in [-0.2, 0) is 0 Å². The third-order valence-electron chi connectivity index (χ3n) is 9.82. The van der Waals surface area contributed by atoms with Gasteiger partial charge in [0.05, 0.1) is 0 Å². The Labute approximate surface area is 164 Å². The standard InChI is InChI=1S/C26H35N/c1-16-10-12-20-18-6-2-4-8-22(18)26(24(20)14-16)23-9-5-3-7-19(23)21-13-11-17(27)15-25(21)26/h3,7,11,13-15,18-25H,2,4-6,8-10,12,27H2,1H3. The number of allylic oxidation sites excluding steroid dienone is 7. The number of hydrogen-bond acceptors (Lipinski definition) is 1. The van der Waals surface area contributed by atoms with Crippen molar-refractivity contribution >= 4 is 0 Å². The molecule has 0 aromatic carbocycles. The van der Waals surface area contributed by atoms with E-state index < -0.39 is 0 Å². The van der Waals surface area contributed by atoms with Gasteiger partial charge in [-0.2, -0.15) is 0 Å². The second kappa shape index (κ2) is 5.88. The molecule has 0 aromatic rings. The van der Waals surface area contributed by atoms with Gasteiger partial charge >= 0.3 is 0 Å². The van der Waals surface area contributed by atoms with Gasteiger partial charge in [-0.05, 0) is 104 Å². The van der Waals surface area contributed by atoms with Crippen LogP contribution in [-0.4, -0.2) is 0 Å². The maximum atomic E-state index is 6.44. The Morgan fingerprint density at radius 1 is 0.889 bits per heavy atom. The van der Waals surface area contributed by atoms with Crippen LogP contribution < -0.4 is 5.73 Å². The predicted octanol–water partition coefficient (Wildman–Crippen LogP) is 6.01. The summed E-state index contributed by atoms with van der Waals surface area (Å²) in [5.41, 5.74) is 9.62. The van der Waals surface area contributed by atoms with Crippen LogP contribution in [0.5, 0.6) is 0 Å². The van der Waals surface area contributed by atoms with E-state index in [1.54, 1.807) is 5.57 Å². The largest absolute Gasteiger partial charge is 0.399 e. The maximum absolute atomic E-state index is 6.44. The topological polar surface area (TPSA) is 26.0 Å². The summed E-state index contributed by atoms with van der Waals surface area (Å²) in [6.07, 6.45) is 26.6. The molecular formula is C26H35N. The fourth-order valence-corrected chi connectivity index (χ4v) is 9.26. The van der Waals surface area contributed by atoms with E-state index in [9.17, 15) is 0 Å². The first-order valence-corrected chi connectivity index (χ1v) is 11.7. The minimum Gasteiger partial charge on any atom is -0.399 e. The van der Waals surface area contributed by atoms with E-state index in [0.29, 0.717) is 17.3 Å². The summed E-state index contributed by atoms with van der Waals surface area (Å²) >= 11 is 0. The molecule has 3 fully saturated rings. The van der Waals surface area contributed by atoms with Crippen molar-refractivity contribution in [1.82, 2.24) is 0 Å². The van der Waals surface area contributed by atoms with Crippen LogP contribution >= 0.6 is 0 Å². The highest BCUT2D eigenvalue weighted by atomic mass is 14.7. The summed E-state index contributed by atoms with van der Waals surface area (Å²) in [6, 6.07) is 0. The monoisotopic (exact) mass is 361 g/mol. The van der Waals surface area contributed by atoms with Crippen molar-refractivity contribution in [2.75, 3.05) is 0 Å². The molecule has 1 heteroatoms. The molecule has 3 saturated carbocycles. The molecule has 6 rings (SSSR count). The first kappa shape index (κ1) is 16.7. The summed E-state index contributed by atoms with van der Waals surface area (Å²) in [5.74, 6) is 6.66. The van der Waals surface area contributed by atoms with Crippen LogP contribution in [0.25, 0.3) is 0 Å². The Balaban J connectivity index is 1.58. The Morgan fingerprint density at radius 2 is 1.78 bits per heavy atom. The molecule has 27 heavy (non-hydrogen) atoms. The van der Waals surface area contributed by atoms with Crippen LogP contribution in [0, 0.1) is 52.8 Å². The van der Waals surface area contributed by atoms with Crippen LogP contribution in [0.3, 0.4) is 0 Å². The smallest absolute Gasteiger partial charge is 0.0273 e. The van der Waals surface area contributed by atoms with E-state index in [0.717, 1.165) is 41.2 Å². The van der Waals surface area contributed by atoms with Gasteiger partial charge in [-0.25, -0.2) is 0 Å². The van der Waals surface area contributed by atoms with E-state index in [2.05, 4.69) is 43.4 Å². The fraction of sp³-hybridized carbons (Fsp3) is 0.692. The Morgan fingerprint density at radius 3 is 2.70 bits per heavy atom. The molecule has 9 unspecified atom stereocenters. The van der Waals surface area contributed by atoms with Gasteiger partial charge in [0, 0.05) is 5.70 Å². The van der Waals surface area contributed by atoms with Crippen LogP contribution in [0.1, 0.15) is 58.3 Å². The highest BCUT2D eigenvalue weighted by Crippen LogP contribution is 2.75. The summed E-state index contributed by atoms with van der Waals surface area (Å²) in [6.45, 7) is 2.40. The number of hydrogen-bond donors (Lipinski definition) is 1. The molecule has 0 aliphatic heterocycles. The molecule has 0 heterocycles. The maximum Gasteiger partial charge on any atom is 0.0273 e. The van der Waals surface area contributed by atoms with Gasteiger partial charge in [-0.1, -0.05) is 48.8 Å². The Kier molecular flexibility index (Phi) is 3.63. The lowest BCUT2D eigenvalue weighted by Crippen LogP contribution is -2.44. The summed E-state index contributed by atoms with van der Waals surface area (Å²) in [5, 5.41) is 0. The zero-order chi connectivity index (χ0) is 18.2. The highest BCUT2D eigenvalue weighted by Gasteiger charge is 2.70. The molecule has 1 spiro atoms. The average Bonchev–Trinajstić information content (AvgIpc) is 3.14. The summed E-state index contributed by atoms with van der Waals surface area (Å²) in [4.78, 5) is 0. The lowest BCUT2D eigenvalue weighted by Gasteiger charge is -2.49. The van der Waals surface area contributed by atoms with E-state index in [1.807, 2.05) is 0 Å². The molecule has 6 aliphatic carbocycles. The quantitative estimate of drug-likeness (QED) is 0.526. The Bertz CT molecular complexity index is 754. The van der Waals surface area contributed by atoms with E-state index >= 15 is 0 Å². The van der Waals surface area contributed by atoms with Crippen molar-refractivity contribution in [3.05, 3.63) is 47.7 Å². The Hall–Kier alpha value is -1.24. The second-order valence-electron chi connectivity index (χ2n) is 10.6. The van der Waals surface area contributed by atoms with Gasteiger partial charge in [-0.3, -0.25) is 0 Å². The van der Waals surface area contributed by atoms with Crippen LogP contribution in [0.4, 0.5) is 0 Å². The number of rotatable bonds is 0. The normalized spacial score (nSPS) is 52.6. The molecule has 2 N–H and O–H groups in total. The summed E-state index contributed by atoms with van der Waals surface area (Å²) in [7, 11) is 0. The first-order chi connectivity index (χ1) is 13.2. The van der Waals surface area contributed by atoms with Crippen molar-refractivity contribution in [3.8, 4) is 0 Å². The third kappa shape index (κ3) is 2.07. The van der Waals surface area contributed by atoms with Crippen molar-refractivity contribution in [3.63, 3.8) is 0 Å². The van der Waals surface area contributed by atoms with Crippen LogP contribution in [0.15, 0.2) is 47.7 Å². The molecule has 0 saturated heterocycles. The lowest BCUT2D eigenvalue weighted by molar-refractivity contribution is 0.0183. The van der Waals surface area contributed by atoms with Gasteiger partial charge in [0.1, 0.15) is 0 Å². The van der Waals surface area contributed by atoms with Crippen molar-refractivity contribution in [1.29, 1.82) is 0 Å². The molecule has 6 aliphatic rings. The second-order valence-corrected chi connectivity index (χ2v) is 10.6. The van der Waals surface area contributed by atoms with Gasteiger partial charge in [0.15, 0.2) is 0 Å². The SMILES string of the molecule is CC1=CC2C(CC1)C1CCCCC1C21C2C=C(N)C=CC2C2C=CCCC21. The van der Waals surface area contributed by atoms with Crippen molar-refractivity contribution in [2.24, 2.45) is 58.5 Å². The van der Waals surface area contributed by atoms with E-state index in [1.165, 1.54) is 51.4 Å². The third-order valence-corrected chi connectivity index (χ3v) is 9.82. The minimum atomic E-state index is 0.479. The molecular weight excluding hydrogens is 326 g/mol. The van der Waals surface area contributed by atoms with Gasteiger partial charge in [-0.15, -0.1) is 0 Å². The zero-order valence-electron chi connectivity index (χ0n) is 16.8. The highest BCUT2D eigenvalue weighted by molar-refractivity contribution is 5.36. The molecule has 9 atom stereocenters.